The van der Waals surface area contributed by atoms with Gasteiger partial charge in [0.05, 0.1) is 12.7 Å². The van der Waals surface area contributed by atoms with E-state index in [2.05, 4.69) is 10.1 Å². The van der Waals surface area contributed by atoms with Crippen LogP contribution in [-0.2, 0) is 14.3 Å². The minimum absolute atomic E-state index is 0.0598. The average Bonchev–Trinajstić information content (AvgIpc) is 3.35. The first kappa shape index (κ1) is 16.0. The molecule has 0 aromatic heterocycles. The van der Waals surface area contributed by atoms with Crippen LogP contribution in [0.5, 0.6) is 0 Å². The van der Waals surface area contributed by atoms with Crippen molar-refractivity contribution < 1.29 is 19.1 Å². The molecule has 1 aliphatic carbocycles. The molecule has 6 nitrogen and oxygen atoms in total. The fraction of sp³-hybridized carbons (Fsp3) is 0.438. The maximum Gasteiger partial charge on any atom is 0.337 e. The number of benzene rings is 1. The molecule has 1 fully saturated rings. The summed E-state index contributed by atoms with van der Waals surface area (Å²) in [5.41, 5.74) is 1.11. The van der Waals surface area contributed by atoms with E-state index in [1.807, 2.05) is 0 Å². The van der Waals surface area contributed by atoms with Crippen molar-refractivity contribution in [2.45, 2.75) is 19.8 Å². The predicted molar refractivity (Wildman–Crippen MR) is 81.5 cm³/mol. The molecule has 0 bridgehead atoms. The Labute approximate surface area is 129 Å². The van der Waals surface area contributed by atoms with Crippen LogP contribution in [0.15, 0.2) is 24.3 Å². The van der Waals surface area contributed by atoms with Crippen molar-refractivity contribution in [1.82, 2.24) is 5.32 Å². The highest BCUT2D eigenvalue weighted by Gasteiger charge is 2.29. The summed E-state index contributed by atoms with van der Waals surface area (Å²) in [7, 11) is 1.32. The van der Waals surface area contributed by atoms with Crippen LogP contribution >= 0.6 is 0 Å². The monoisotopic (exact) mass is 304 g/mol. The van der Waals surface area contributed by atoms with Gasteiger partial charge < -0.3 is 15.0 Å². The number of nitrogens with one attached hydrogen (secondary N) is 1. The third kappa shape index (κ3) is 4.07. The molecule has 118 valence electrons. The number of esters is 1. The quantitative estimate of drug-likeness (QED) is 0.805. The standard InChI is InChI=1S/C16H20N2O4/c1-11(19)18(10-9-17-15(20)12-3-4-12)14-7-5-13(6-8-14)16(21)22-2/h5-8,12H,3-4,9-10H2,1-2H3,(H,17,20). The van der Waals surface area contributed by atoms with Gasteiger partial charge in [-0.25, -0.2) is 4.79 Å². The summed E-state index contributed by atoms with van der Waals surface area (Å²) in [6, 6.07) is 6.60. The van der Waals surface area contributed by atoms with Crippen LogP contribution in [0.2, 0.25) is 0 Å². The van der Waals surface area contributed by atoms with E-state index >= 15 is 0 Å². The van der Waals surface area contributed by atoms with Crippen molar-refractivity contribution in [3.05, 3.63) is 29.8 Å². The zero-order valence-corrected chi connectivity index (χ0v) is 12.8. The van der Waals surface area contributed by atoms with Gasteiger partial charge in [-0.05, 0) is 37.1 Å². The number of amides is 2. The SMILES string of the molecule is COC(=O)c1ccc(N(CCNC(=O)C2CC2)C(C)=O)cc1. The third-order valence-electron chi connectivity index (χ3n) is 3.56. The first-order valence-corrected chi connectivity index (χ1v) is 7.27. The fourth-order valence-electron chi connectivity index (χ4n) is 2.14. The molecule has 0 aliphatic heterocycles. The van der Waals surface area contributed by atoms with Crippen molar-refractivity contribution in [3.63, 3.8) is 0 Å². The van der Waals surface area contributed by atoms with Gasteiger partial charge in [0.15, 0.2) is 0 Å². The van der Waals surface area contributed by atoms with Crippen LogP contribution in [0.3, 0.4) is 0 Å². The van der Waals surface area contributed by atoms with Gasteiger partial charge in [0.2, 0.25) is 11.8 Å². The largest absolute Gasteiger partial charge is 0.465 e. The number of carbonyl (C=O) groups excluding carboxylic acids is 3. The molecule has 6 heteroatoms. The van der Waals surface area contributed by atoms with Crippen LogP contribution in [0.4, 0.5) is 5.69 Å². The molecule has 1 N–H and O–H groups in total. The predicted octanol–water partition coefficient (Wildman–Crippen LogP) is 1.35. The second-order valence-electron chi connectivity index (χ2n) is 5.27. The maximum absolute atomic E-state index is 11.8. The smallest absolute Gasteiger partial charge is 0.337 e. The fourth-order valence-corrected chi connectivity index (χ4v) is 2.14. The molecule has 1 aromatic carbocycles. The highest BCUT2D eigenvalue weighted by atomic mass is 16.5. The van der Waals surface area contributed by atoms with E-state index in [1.54, 1.807) is 29.2 Å². The van der Waals surface area contributed by atoms with E-state index in [0.717, 1.165) is 12.8 Å². The normalized spacial score (nSPS) is 13.4. The molecule has 0 saturated heterocycles. The number of rotatable bonds is 6. The van der Waals surface area contributed by atoms with Crippen molar-refractivity contribution in [1.29, 1.82) is 0 Å². The molecule has 1 saturated carbocycles. The Morgan fingerprint density at radius 2 is 1.86 bits per heavy atom. The summed E-state index contributed by atoms with van der Waals surface area (Å²) >= 11 is 0. The van der Waals surface area contributed by atoms with E-state index in [1.165, 1.54) is 14.0 Å². The third-order valence-corrected chi connectivity index (χ3v) is 3.56. The molecule has 0 atom stereocenters. The Balaban J connectivity index is 1.96. The van der Waals surface area contributed by atoms with Gasteiger partial charge in [-0.3, -0.25) is 9.59 Å². The lowest BCUT2D eigenvalue weighted by atomic mass is 10.2. The first-order chi connectivity index (χ1) is 10.5. The summed E-state index contributed by atoms with van der Waals surface area (Å²) < 4.78 is 4.64. The molecule has 1 aromatic rings. The second kappa shape index (κ2) is 7.06. The van der Waals surface area contributed by atoms with E-state index in [4.69, 9.17) is 0 Å². The Morgan fingerprint density at radius 1 is 1.23 bits per heavy atom. The Hall–Kier alpha value is -2.37. The van der Waals surface area contributed by atoms with Gasteiger partial charge in [-0.15, -0.1) is 0 Å². The lowest BCUT2D eigenvalue weighted by molar-refractivity contribution is -0.122. The summed E-state index contributed by atoms with van der Waals surface area (Å²) in [4.78, 5) is 36.3. The highest BCUT2D eigenvalue weighted by Crippen LogP contribution is 2.28. The van der Waals surface area contributed by atoms with Crippen molar-refractivity contribution in [2.75, 3.05) is 25.1 Å². The van der Waals surface area contributed by atoms with Gasteiger partial charge in [0.25, 0.3) is 0 Å². The number of hydrogen-bond donors (Lipinski definition) is 1. The summed E-state index contributed by atoms with van der Waals surface area (Å²) in [5, 5.41) is 2.83. The van der Waals surface area contributed by atoms with Crippen LogP contribution in [0, 0.1) is 5.92 Å². The highest BCUT2D eigenvalue weighted by molar-refractivity contribution is 5.93. The number of nitrogens with zero attached hydrogens (tertiary/aromatic N) is 1. The molecule has 0 unspecified atom stereocenters. The van der Waals surface area contributed by atoms with Gasteiger partial charge >= 0.3 is 5.97 Å². The minimum atomic E-state index is -0.419. The average molecular weight is 304 g/mol. The molecule has 2 rings (SSSR count). The zero-order chi connectivity index (χ0) is 16.1. The topological polar surface area (TPSA) is 75.7 Å². The van der Waals surface area contributed by atoms with E-state index in [-0.39, 0.29) is 17.7 Å². The molecular weight excluding hydrogens is 284 g/mol. The number of anilines is 1. The molecule has 1 aliphatic rings. The minimum Gasteiger partial charge on any atom is -0.465 e. The molecule has 0 radical (unpaired) electrons. The van der Waals surface area contributed by atoms with Crippen molar-refractivity contribution in [2.24, 2.45) is 5.92 Å². The van der Waals surface area contributed by atoms with Gasteiger partial charge in [-0.1, -0.05) is 0 Å². The zero-order valence-electron chi connectivity index (χ0n) is 12.8. The number of hydrogen-bond acceptors (Lipinski definition) is 4. The number of ether oxygens (including phenoxy) is 1. The van der Waals surface area contributed by atoms with E-state index in [0.29, 0.717) is 24.3 Å². The Morgan fingerprint density at radius 3 is 2.36 bits per heavy atom. The summed E-state index contributed by atoms with van der Waals surface area (Å²) in [6.45, 7) is 2.27. The summed E-state index contributed by atoms with van der Waals surface area (Å²) in [5.74, 6) is -0.321. The molecule has 2 amide bonds. The van der Waals surface area contributed by atoms with Crippen LogP contribution < -0.4 is 10.2 Å². The molecule has 22 heavy (non-hydrogen) atoms. The second-order valence-corrected chi connectivity index (χ2v) is 5.27. The van der Waals surface area contributed by atoms with Crippen LogP contribution in [0.25, 0.3) is 0 Å². The van der Waals surface area contributed by atoms with E-state index < -0.39 is 5.97 Å². The van der Waals surface area contributed by atoms with Crippen LogP contribution in [-0.4, -0.2) is 38.0 Å². The van der Waals surface area contributed by atoms with Gasteiger partial charge in [-0.2, -0.15) is 0 Å². The van der Waals surface area contributed by atoms with E-state index in [9.17, 15) is 14.4 Å². The Bertz CT molecular complexity index is 564. The lowest BCUT2D eigenvalue weighted by Crippen LogP contribution is -2.38. The first-order valence-electron chi connectivity index (χ1n) is 7.27. The van der Waals surface area contributed by atoms with Crippen molar-refractivity contribution >= 4 is 23.5 Å². The van der Waals surface area contributed by atoms with Gasteiger partial charge in [0.1, 0.15) is 0 Å². The molecular formula is C16H20N2O4. The number of methoxy groups -OCH3 is 1. The van der Waals surface area contributed by atoms with Crippen LogP contribution in [0.1, 0.15) is 30.1 Å². The Kier molecular flexibility index (Phi) is 5.14. The lowest BCUT2D eigenvalue weighted by Gasteiger charge is -2.21. The van der Waals surface area contributed by atoms with Crippen molar-refractivity contribution in [3.8, 4) is 0 Å². The van der Waals surface area contributed by atoms with Gasteiger partial charge in [0, 0.05) is 31.6 Å². The summed E-state index contributed by atoms with van der Waals surface area (Å²) in [6.07, 6.45) is 1.91. The molecule has 0 spiro atoms. The maximum atomic E-state index is 11.8. The number of carbonyl (C=O) groups is 3. The molecule has 0 heterocycles.